The standard InChI is InChI=1S/C23H27N3O5S/c1-16-23(18-6-4-5-7-19(18)24-16)20(27)15-25-10-12-26(13-11-25)32(28,29)22-14-17(30-2)8-9-21(22)31-3/h4-9,14,24H,10-13,15H2,1-3H3. The number of aryl methyl sites for hydroxylation is 1. The van der Waals surface area contributed by atoms with Gasteiger partial charge in [-0.2, -0.15) is 4.31 Å². The van der Waals surface area contributed by atoms with Crippen LogP contribution in [0.1, 0.15) is 16.1 Å². The molecule has 1 N–H and O–H groups in total. The van der Waals surface area contributed by atoms with E-state index in [4.69, 9.17) is 9.47 Å². The maximum absolute atomic E-state index is 13.2. The molecule has 2 aromatic carbocycles. The Kier molecular flexibility index (Phi) is 6.23. The number of H-pyrrole nitrogens is 1. The van der Waals surface area contributed by atoms with Crippen LogP contribution in [0.25, 0.3) is 10.9 Å². The fourth-order valence-electron chi connectivity index (χ4n) is 4.17. The minimum Gasteiger partial charge on any atom is -0.497 e. The van der Waals surface area contributed by atoms with E-state index in [0.29, 0.717) is 37.5 Å². The van der Waals surface area contributed by atoms with E-state index >= 15 is 0 Å². The molecule has 0 unspecified atom stereocenters. The predicted octanol–water partition coefficient (Wildman–Crippen LogP) is 2.68. The number of para-hydroxylation sites is 1. The lowest BCUT2D eigenvalue weighted by molar-refractivity contribution is 0.0902. The van der Waals surface area contributed by atoms with Gasteiger partial charge in [0.1, 0.15) is 16.4 Å². The van der Waals surface area contributed by atoms with Crippen molar-refractivity contribution in [3.8, 4) is 11.5 Å². The number of hydrogen-bond acceptors (Lipinski definition) is 6. The number of piperazine rings is 1. The third-order valence-electron chi connectivity index (χ3n) is 5.86. The summed E-state index contributed by atoms with van der Waals surface area (Å²) >= 11 is 0. The lowest BCUT2D eigenvalue weighted by Crippen LogP contribution is -2.49. The Balaban J connectivity index is 1.46. The second-order valence-electron chi connectivity index (χ2n) is 7.79. The molecule has 0 aliphatic carbocycles. The second-order valence-corrected chi connectivity index (χ2v) is 9.70. The van der Waals surface area contributed by atoms with Crippen LogP contribution in [0.15, 0.2) is 47.4 Å². The number of fused-ring (bicyclic) bond motifs is 1. The van der Waals surface area contributed by atoms with Crippen molar-refractivity contribution in [3.05, 3.63) is 53.7 Å². The van der Waals surface area contributed by atoms with Gasteiger partial charge in [0.15, 0.2) is 5.78 Å². The summed E-state index contributed by atoms with van der Waals surface area (Å²) in [5.41, 5.74) is 2.50. The van der Waals surface area contributed by atoms with Gasteiger partial charge in [0.05, 0.1) is 20.8 Å². The summed E-state index contributed by atoms with van der Waals surface area (Å²) in [5.74, 6) is 0.756. The minimum atomic E-state index is -3.76. The van der Waals surface area contributed by atoms with Crippen molar-refractivity contribution in [2.24, 2.45) is 0 Å². The molecule has 1 aromatic heterocycles. The molecule has 8 nitrogen and oxygen atoms in total. The molecule has 0 bridgehead atoms. The molecule has 0 radical (unpaired) electrons. The highest BCUT2D eigenvalue weighted by atomic mass is 32.2. The van der Waals surface area contributed by atoms with Crippen molar-refractivity contribution >= 4 is 26.7 Å². The maximum Gasteiger partial charge on any atom is 0.246 e. The lowest BCUT2D eigenvalue weighted by atomic mass is 10.1. The van der Waals surface area contributed by atoms with Crippen LogP contribution in [0, 0.1) is 6.92 Å². The monoisotopic (exact) mass is 457 g/mol. The Hall–Kier alpha value is -2.88. The van der Waals surface area contributed by atoms with Crippen LogP contribution >= 0.6 is 0 Å². The maximum atomic E-state index is 13.2. The second kappa shape index (κ2) is 8.93. The molecule has 170 valence electrons. The molecule has 2 heterocycles. The first kappa shape index (κ1) is 22.3. The zero-order valence-corrected chi connectivity index (χ0v) is 19.2. The van der Waals surface area contributed by atoms with Crippen molar-refractivity contribution in [1.29, 1.82) is 0 Å². The van der Waals surface area contributed by atoms with Gasteiger partial charge in [-0.3, -0.25) is 9.69 Å². The number of methoxy groups -OCH3 is 2. The van der Waals surface area contributed by atoms with Gasteiger partial charge in [-0.1, -0.05) is 18.2 Å². The molecule has 0 atom stereocenters. The highest BCUT2D eigenvalue weighted by Crippen LogP contribution is 2.31. The number of carbonyl (C=O) groups excluding carboxylic acids is 1. The van der Waals surface area contributed by atoms with E-state index in [0.717, 1.165) is 16.6 Å². The highest BCUT2D eigenvalue weighted by molar-refractivity contribution is 7.89. The van der Waals surface area contributed by atoms with Crippen LogP contribution in [0.5, 0.6) is 11.5 Å². The topological polar surface area (TPSA) is 91.9 Å². The lowest BCUT2D eigenvalue weighted by Gasteiger charge is -2.33. The van der Waals surface area contributed by atoms with Crippen LogP contribution in [-0.2, 0) is 10.0 Å². The van der Waals surface area contributed by atoms with Crippen molar-refractivity contribution in [2.75, 3.05) is 46.9 Å². The van der Waals surface area contributed by atoms with Gasteiger partial charge >= 0.3 is 0 Å². The largest absolute Gasteiger partial charge is 0.497 e. The number of rotatable bonds is 7. The van der Waals surface area contributed by atoms with E-state index in [9.17, 15) is 13.2 Å². The van der Waals surface area contributed by atoms with Crippen LogP contribution in [0.4, 0.5) is 0 Å². The summed E-state index contributed by atoms with van der Waals surface area (Å²) in [6.45, 7) is 3.68. The van der Waals surface area contributed by atoms with Crippen molar-refractivity contribution in [3.63, 3.8) is 0 Å². The van der Waals surface area contributed by atoms with Gasteiger partial charge in [0, 0.05) is 54.4 Å². The van der Waals surface area contributed by atoms with Crippen LogP contribution in [0.3, 0.4) is 0 Å². The molecule has 0 amide bonds. The van der Waals surface area contributed by atoms with E-state index in [2.05, 4.69) is 4.98 Å². The smallest absolute Gasteiger partial charge is 0.246 e. The number of aromatic nitrogens is 1. The van der Waals surface area contributed by atoms with Crippen LogP contribution in [-0.4, -0.2) is 75.3 Å². The third kappa shape index (κ3) is 4.11. The van der Waals surface area contributed by atoms with Gasteiger partial charge in [-0.15, -0.1) is 0 Å². The average molecular weight is 458 g/mol. The summed E-state index contributed by atoms with van der Waals surface area (Å²) < 4.78 is 38.4. The molecule has 1 aliphatic rings. The van der Waals surface area contributed by atoms with Crippen molar-refractivity contribution in [2.45, 2.75) is 11.8 Å². The molecule has 1 saturated heterocycles. The zero-order valence-electron chi connectivity index (χ0n) is 18.4. The first-order chi connectivity index (χ1) is 15.3. The van der Waals surface area contributed by atoms with E-state index in [1.807, 2.05) is 36.1 Å². The summed E-state index contributed by atoms with van der Waals surface area (Å²) in [4.78, 5) is 18.4. The number of ether oxygens (including phenoxy) is 2. The number of nitrogens with zero attached hydrogens (tertiary/aromatic N) is 2. The number of sulfonamides is 1. The average Bonchev–Trinajstić information content (AvgIpc) is 3.14. The number of carbonyl (C=O) groups is 1. The Morgan fingerprint density at radius 3 is 2.44 bits per heavy atom. The van der Waals surface area contributed by atoms with E-state index in [1.54, 1.807) is 12.1 Å². The fraction of sp³-hybridized carbons (Fsp3) is 0.348. The quantitative estimate of drug-likeness (QED) is 0.549. The highest BCUT2D eigenvalue weighted by Gasteiger charge is 2.32. The predicted molar refractivity (Wildman–Crippen MR) is 122 cm³/mol. The zero-order chi connectivity index (χ0) is 22.9. The van der Waals surface area contributed by atoms with E-state index in [-0.39, 0.29) is 23.0 Å². The van der Waals surface area contributed by atoms with E-state index < -0.39 is 10.0 Å². The Bertz CT molecular complexity index is 1240. The molecule has 0 saturated carbocycles. The molecular weight excluding hydrogens is 430 g/mol. The Labute approximate surface area is 187 Å². The van der Waals surface area contributed by atoms with Gasteiger partial charge in [0.25, 0.3) is 0 Å². The van der Waals surface area contributed by atoms with Gasteiger partial charge in [-0.05, 0) is 25.1 Å². The van der Waals surface area contributed by atoms with E-state index in [1.165, 1.54) is 24.6 Å². The molecule has 32 heavy (non-hydrogen) atoms. The molecule has 1 aliphatic heterocycles. The van der Waals surface area contributed by atoms with Gasteiger partial charge < -0.3 is 14.5 Å². The number of ketones is 1. The first-order valence-corrected chi connectivity index (χ1v) is 11.8. The molecule has 4 rings (SSSR count). The Morgan fingerprint density at radius 1 is 1.03 bits per heavy atom. The SMILES string of the molecule is COc1ccc(OC)c(S(=O)(=O)N2CCN(CC(=O)c3c(C)[nH]c4ccccc34)CC2)c1. The number of Topliss-reactive ketones (excluding diaryl/α,β-unsaturated/α-hetero) is 1. The fourth-order valence-corrected chi connectivity index (χ4v) is 5.76. The Morgan fingerprint density at radius 2 is 1.75 bits per heavy atom. The van der Waals surface area contributed by atoms with Crippen LogP contribution < -0.4 is 9.47 Å². The molecule has 1 fully saturated rings. The summed E-state index contributed by atoms with van der Waals surface area (Å²) in [5, 5.41) is 0.918. The summed E-state index contributed by atoms with van der Waals surface area (Å²) in [7, 11) is -0.825. The van der Waals surface area contributed by atoms with Gasteiger partial charge in [0.2, 0.25) is 10.0 Å². The normalized spacial score (nSPS) is 15.7. The number of hydrogen-bond donors (Lipinski definition) is 1. The number of aromatic amines is 1. The number of nitrogens with one attached hydrogen (secondary N) is 1. The van der Waals surface area contributed by atoms with Gasteiger partial charge in [-0.25, -0.2) is 8.42 Å². The molecule has 9 heteroatoms. The van der Waals surface area contributed by atoms with Crippen molar-refractivity contribution < 1.29 is 22.7 Å². The van der Waals surface area contributed by atoms with Crippen LogP contribution in [0.2, 0.25) is 0 Å². The summed E-state index contributed by atoms with van der Waals surface area (Å²) in [6.07, 6.45) is 0. The molecular formula is C23H27N3O5S. The molecule has 3 aromatic rings. The minimum absolute atomic E-state index is 0.0331. The first-order valence-electron chi connectivity index (χ1n) is 10.4. The number of benzene rings is 2. The summed E-state index contributed by atoms with van der Waals surface area (Å²) in [6, 6.07) is 12.5. The molecule has 0 spiro atoms. The third-order valence-corrected chi connectivity index (χ3v) is 7.78. The van der Waals surface area contributed by atoms with Crippen molar-refractivity contribution in [1.82, 2.24) is 14.2 Å².